The first-order chi connectivity index (χ1) is 17.3. The Labute approximate surface area is 221 Å². The molecule has 1 aliphatic heterocycles. The minimum Gasteiger partial charge on any atom is -0.298 e. The topological polar surface area (TPSA) is 50.3 Å². The SMILES string of the molecule is O=C1CC(c2ccsc2)(c2cccc(Cc3cc(F)cc(F)c3)n2)N(S)C(=O)C1c1ccccc1Cl. The second kappa shape index (κ2) is 9.76. The van der Waals surface area contributed by atoms with Crippen molar-refractivity contribution in [3.8, 4) is 0 Å². The molecular formula is C27H19ClF2N2O2S2. The van der Waals surface area contributed by atoms with Crippen molar-refractivity contribution < 1.29 is 18.4 Å². The first kappa shape index (κ1) is 24.6. The van der Waals surface area contributed by atoms with Gasteiger partial charge >= 0.3 is 0 Å². The van der Waals surface area contributed by atoms with Crippen LogP contribution in [0.5, 0.6) is 0 Å². The number of ketones is 1. The van der Waals surface area contributed by atoms with Crippen LogP contribution in [0.15, 0.2) is 77.5 Å². The van der Waals surface area contributed by atoms with E-state index in [9.17, 15) is 18.4 Å². The third kappa shape index (κ3) is 4.34. The third-order valence-electron chi connectivity index (χ3n) is 6.32. The molecule has 2 atom stereocenters. The summed E-state index contributed by atoms with van der Waals surface area (Å²) in [4.78, 5) is 32.0. The molecule has 9 heteroatoms. The molecule has 0 aliphatic carbocycles. The average molecular weight is 541 g/mol. The lowest BCUT2D eigenvalue weighted by Gasteiger charge is -2.45. The van der Waals surface area contributed by atoms with Gasteiger partial charge in [0.1, 0.15) is 23.1 Å². The number of halogens is 3. The molecule has 1 aliphatic rings. The number of piperidine rings is 1. The summed E-state index contributed by atoms with van der Waals surface area (Å²) in [5.74, 6) is -3.24. The normalized spacial score (nSPS) is 20.1. The van der Waals surface area contributed by atoms with Crippen molar-refractivity contribution >= 4 is 47.4 Å². The Kier molecular flexibility index (Phi) is 6.68. The maximum Gasteiger partial charge on any atom is 0.248 e. The van der Waals surface area contributed by atoms with Crippen molar-refractivity contribution in [1.29, 1.82) is 0 Å². The van der Waals surface area contributed by atoms with E-state index in [1.54, 1.807) is 42.5 Å². The Bertz CT molecular complexity index is 1440. The lowest BCUT2D eigenvalue weighted by molar-refractivity contribution is -0.142. The Hall–Kier alpha value is -3.07. The van der Waals surface area contributed by atoms with E-state index in [1.165, 1.54) is 27.8 Å². The molecule has 0 bridgehead atoms. The second-order valence-corrected chi connectivity index (χ2v) is 10.2. The number of nitrogens with zero attached hydrogens (tertiary/aromatic N) is 2. The maximum absolute atomic E-state index is 13.7. The average Bonchev–Trinajstić information content (AvgIpc) is 3.38. The van der Waals surface area contributed by atoms with Crippen LogP contribution < -0.4 is 0 Å². The van der Waals surface area contributed by atoms with Gasteiger partial charge in [-0.3, -0.25) is 18.9 Å². The van der Waals surface area contributed by atoms with Crippen LogP contribution in [0.3, 0.4) is 0 Å². The standard InChI is InChI=1S/C27H19ClF2N2O2S2/c28-22-6-2-1-5-21(22)25-23(33)14-27(32(35)26(25)34,17-8-9-36-15-17)24-7-3-4-20(31-24)12-16-10-18(29)13-19(30)11-16/h1-11,13,15,25,35H,12,14H2. The number of hydrogen-bond donors (Lipinski definition) is 1. The summed E-state index contributed by atoms with van der Waals surface area (Å²) in [5.41, 5.74) is 1.24. The van der Waals surface area contributed by atoms with Gasteiger partial charge < -0.3 is 0 Å². The molecule has 4 aromatic rings. The number of aromatic nitrogens is 1. The number of thiophene rings is 1. The van der Waals surface area contributed by atoms with Gasteiger partial charge in [0.25, 0.3) is 0 Å². The Morgan fingerprint density at radius 3 is 2.50 bits per heavy atom. The number of hydrogen-bond acceptors (Lipinski definition) is 5. The summed E-state index contributed by atoms with van der Waals surface area (Å²) < 4.78 is 28.7. The molecule has 0 spiro atoms. The molecule has 0 saturated carbocycles. The zero-order valence-electron chi connectivity index (χ0n) is 18.7. The number of carbonyl (C=O) groups excluding carboxylic acids is 2. The zero-order chi connectivity index (χ0) is 25.4. The predicted molar refractivity (Wildman–Crippen MR) is 138 cm³/mol. The number of pyridine rings is 1. The van der Waals surface area contributed by atoms with Gasteiger partial charge in [-0.15, -0.1) is 0 Å². The Balaban J connectivity index is 1.59. The van der Waals surface area contributed by atoms with Gasteiger partial charge in [-0.2, -0.15) is 11.3 Å². The highest BCUT2D eigenvalue weighted by Crippen LogP contribution is 2.47. The fourth-order valence-corrected chi connectivity index (χ4v) is 6.07. The van der Waals surface area contributed by atoms with Crippen LogP contribution >= 0.6 is 35.8 Å². The molecule has 1 amide bonds. The van der Waals surface area contributed by atoms with Gasteiger partial charge in [-0.25, -0.2) is 8.78 Å². The Morgan fingerprint density at radius 2 is 1.81 bits per heavy atom. The second-order valence-electron chi connectivity index (χ2n) is 8.59. The minimum absolute atomic E-state index is 0.0695. The van der Waals surface area contributed by atoms with E-state index in [0.29, 0.717) is 33.1 Å². The molecule has 2 aromatic heterocycles. The summed E-state index contributed by atoms with van der Waals surface area (Å²) in [7, 11) is 0. The van der Waals surface area contributed by atoms with Gasteiger partial charge in [0.05, 0.1) is 5.69 Å². The largest absolute Gasteiger partial charge is 0.298 e. The molecule has 0 radical (unpaired) electrons. The fraction of sp³-hybridized carbons (Fsp3) is 0.148. The first-order valence-corrected chi connectivity index (χ1v) is 12.8. The predicted octanol–water partition coefficient (Wildman–Crippen LogP) is 6.34. The summed E-state index contributed by atoms with van der Waals surface area (Å²) in [5, 5.41) is 4.04. The van der Waals surface area contributed by atoms with Crippen LogP contribution in [-0.4, -0.2) is 21.0 Å². The molecule has 36 heavy (non-hydrogen) atoms. The van der Waals surface area contributed by atoms with Gasteiger partial charge in [0, 0.05) is 29.6 Å². The van der Waals surface area contributed by atoms with Gasteiger partial charge in [0.15, 0.2) is 5.78 Å². The number of thiol groups is 1. The summed E-state index contributed by atoms with van der Waals surface area (Å²) in [6.07, 6.45) is 0.0961. The lowest BCUT2D eigenvalue weighted by Crippen LogP contribution is -2.54. The number of rotatable bonds is 5. The summed E-state index contributed by atoms with van der Waals surface area (Å²) in [6, 6.07) is 17.1. The van der Waals surface area contributed by atoms with Crippen LogP contribution in [0.25, 0.3) is 0 Å². The molecule has 4 nitrogen and oxygen atoms in total. The minimum atomic E-state index is -1.27. The number of carbonyl (C=O) groups is 2. The monoisotopic (exact) mass is 540 g/mol. The molecule has 5 rings (SSSR count). The van der Waals surface area contributed by atoms with Crippen molar-refractivity contribution in [2.24, 2.45) is 0 Å². The maximum atomic E-state index is 13.7. The molecule has 1 fully saturated rings. The van der Waals surface area contributed by atoms with Crippen molar-refractivity contribution in [2.75, 3.05) is 0 Å². The lowest BCUT2D eigenvalue weighted by atomic mass is 9.74. The molecule has 2 aromatic carbocycles. The Morgan fingerprint density at radius 1 is 1.06 bits per heavy atom. The molecular weight excluding hydrogens is 522 g/mol. The highest BCUT2D eigenvalue weighted by atomic mass is 35.5. The van der Waals surface area contributed by atoms with Gasteiger partial charge in [0.2, 0.25) is 5.91 Å². The van der Waals surface area contributed by atoms with Crippen LogP contribution in [0.1, 0.15) is 40.4 Å². The number of amides is 1. The zero-order valence-corrected chi connectivity index (χ0v) is 21.2. The molecule has 0 N–H and O–H groups in total. The smallest absolute Gasteiger partial charge is 0.248 e. The van der Waals surface area contributed by atoms with Crippen molar-refractivity contribution in [3.63, 3.8) is 0 Å². The van der Waals surface area contributed by atoms with Gasteiger partial charge in [-0.1, -0.05) is 48.7 Å². The van der Waals surface area contributed by atoms with Gasteiger partial charge in [-0.05, 0) is 63.8 Å². The van der Waals surface area contributed by atoms with E-state index < -0.39 is 29.0 Å². The van der Waals surface area contributed by atoms with E-state index in [2.05, 4.69) is 12.8 Å². The quantitative estimate of drug-likeness (QED) is 0.237. The highest BCUT2D eigenvalue weighted by molar-refractivity contribution is 7.78. The first-order valence-electron chi connectivity index (χ1n) is 11.0. The van der Waals surface area contributed by atoms with E-state index >= 15 is 0 Å². The van der Waals surface area contributed by atoms with Crippen molar-refractivity contribution in [3.05, 3.63) is 122 Å². The van der Waals surface area contributed by atoms with E-state index in [4.69, 9.17) is 16.6 Å². The number of benzene rings is 2. The van der Waals surface area contributed by atoms with Crippen LogP contribution in [0.2, 0.25) is 5.02 Å². The van der Waals surface area contributed by atoms with Crippen molar-refractivity contribution in [2.45, 2.75) is 24.3 Å². The van der Waals surface area contributed by atoms with E-state index in [0.717, 1.165) is 6.07 Å². The van der Waals surface area contributed by atoms with Crippen LogP contribution in [0, 0.1) is 11.6 Å². The molecule has 1 saturated heterocycles. The van der Waals surface area contributed by atoms with E-state index in [-0.39, 0.29) is 18.6 Å². The third-order valence-corrected chi connectivity index (χ3v) is 7.89. The highest BCUT2D eigenvalue weighted by Gasteiger charge is 2.53. The molecule has 3 heterocycles. The molecule has 2 unspecified atom stereocenters. The summed E-state index contributed by atoms with van der Waals surface area (Å²) >= 11 is 12.4. The number of Topliss-reactive ketones (excluding diaryl/α,β-unsaturated/α-hetero) is 1. The fourth-order valence-electron chi connectivity index (χ4n) is 4.69. The van der Waals surface area contributed by atoms with Crippen molar-refractivity contribution in [1.82, 2.24) is 9.29 Å². The van der Waals surface area contributed by atoms with E-state index in [1.807, 2.05) is 16.8 Å². The molecule has 182 valence electrons. The summed E-state index contributed by atoms with van der Waals surface area (Å²) in [6.45, 7) is 0. The van der Waals surface area contributed by atoms with Crippen LogP contribution in [-0.2, 0) is 21.5 Å². The van der Waals surface area contributed by atoms with Crippen LogP contribution in [0.4, 0.5) is 8.78 Å².